The van der Waals surface area contributed by atoms with Gasteiger partial charge in [-0.2, -0.15) is 0 Å². The molecular formula is C13H20N4O2. The minimum atomic E-state index is -0.0399. The Balaban J connectivity index is 2.16. The summed E-state index contributed by atoms with van der Waals surface area (Å²) in [4.78, 5) is 24.4. The topological polar surface area (TPSA) is 58.6 Å². The number of amides is 1. The molecule has 0 spiro atoms. The zero-order valence-corrected chi connectivity index (χ0v) is 11.5. The Hall–Kier alpha value is -1.69. The summed E-state index contributed by atoms with van der Waals surface area (Å²) in [7, 11) is 0. The molecular weight excluding hydrogens is 244 g/mol. The summed E-state index contributed by atoms with van der Waals surface area (Å²) < 4.78 is 5.31. The van der Waals surface area contributed by atoms with Gasteiger partial charge in [-0.1, -0.05) is 0 Å². The third-order valence-corrected chi connectivity index (χ3v) is 3.26. The predicted octanol–water partition coefficient (Wildman–Crippen LogP) is 0.795. The Labute approximate surface area is 113 Å². The number of carbonyl (C=O) groups excluding carboxylic acids is 1. The Kier molecular flexibility index (Phi) is 4.68. The van der Waals surface area contributed by atoms with E-state index in [1.54, 1.807) is 11.0 Å². The van der Waals surface area contributed by atoms with Crippen molar-refractivity contribution in [1.82, 2.24) is 14.9 Å². The van der Waals surface area contributed by atoms with Crippen LogP contribution < -0.4 is 4.90 Å². The van der Waals surface area contributed by atoms with Crippen LogP contribution in [0.5, 0.6) is 0 Å². The van der Waals surface area contributed by atoms with Gasteiger partial charge in [0.2, 0.25) is 0 Å². The molecule has 0 bridgehead atoms. The maximum absolute atomic E-state index is 12.2. The summed E-state index contributed by atoms with van der Waals surface area (Å²) in [6.07, 6.45) is 1.46. The number of carbonyl (C=O) groups is 1. The van der Waals surface area contributed by atoms with Gasteiger partial charge in [0.05, 0.1) is 13.2 Å². The van der Waals surface area contributed by atoms with Crippen molar-refractivity contribution < 1.29 is 9.53 Å². The predicted molar refractivity (Wildman–Crippen MR) is 72.3 cm³/mol. The smallest absolute Gasteiger partial charge is 0.272 e. The molecule has 19 heavy (non-hydrogen) atoms. The first-order chi connectivity index (χ1) is 9.26. The molecule has 0 saturated carbocycles. The number of rotatable bonds is 4. The van der Waals surface area contributed by atoms with Crippen molar-refractivity contribution in [3.05, 3.63) is 18.1 Å². The minimum absolute atomic E-state index is 0.0399. The fourth-order valence-corrected chi connectivity index (χ4v) is 2.10. The summed E-state index contributed by atoms with van der Waals surface area (Å²) in [5.41, 5.74) is 0.459. The molecule has 1 aromatic rings. The third kappa shape index (κ3) is 3.20. The molecule has 0 N–H and O–H groups in total. The molecule has 6 nitrogen and oxygen atoms in total. The molecule has 0 unspecified atom stereocenters. The van der Waals surface area contributed by atoms with Crippen LogP contribution in [0.3, 0.4) is 0 Å². The summed E-state index contributed by atoms with van der Waals surface area (Å²) >= 11 is 0. The fraction of sp³-hybridized carbons (Fsp3) is 0.615. The van der Waals surface area contributed by atoms with Crippen LogP contribution in [0.4, 0.5) is 5.82 Å². The molecule has 6 heteroatoms. The largest absolute Gasteiger partial charge is 0.378 e. The molecule has 1 saturated heterocycles. The molecule has 0 aliphatic carbocycles. The number of hydrogen-bond donors (Lipinski definition) is 0. The first kappa shape index (κ1) is 13.7. The van der Waals surface area contributed by atoms with Gasteiger partial charge in [0.1, 0.15) is 17.8 Å². The zero-order chi connectivity index (χ0) is 13.7. The molecule has 0 radical (unpaired) electrons. The number of nitrogens with zero attached hydrogens (tertiary/aromatic N) is 4. The van der Waals surface area contributed by atoms with Gasteiger partial charge in [-0.05, 0) is 13.8 Å². The summed E-state index contributed by atoms with van der Waals surface area (Å²) in [5.74, 6) is 0.760. The number of aromatic nitrogens is 2. The number of anilines is 1. The second kappa shape index (κ2) is 6.47. The van der Waals surface area contributed by atoms with E-state index in [2.05, 4.69) is 14.9 Å². The molecule has 1 fully saturated rings. The van der Waals surface area contributed by atoms with E-state index in [0.717, 1.165) is 18.9 Å². The Morgan fingerprint density at radius 3 is 2.63 bits per heavy atom. The number of morpholine rings is 1. The van der Waals surface area contributed by atoms with E-state index in [1.807, 2.05) is 13.8 Å². The molecule has 1 aromatic heterocycles. The Morgan fingerprint density at radius 2 is 2.00 bits per heavy atom. The highest BCUT2D eigenvalue weighted by Crippen LogP contribution is 2.13. The standard InChI is InChI=1S/C13H20N4O2/c1-3-16(4-2)13(18)11-9-12(15-10-14-11)17-5-7-19-8-6-17/h9-10H,3-8H2,1-2H3. The fourth-order valence-electron chi connectivity index (χ4n) is 2.10. The Bertz CT molecular complexity index is 428. The van der Waals surface area contributed by atoms with Crippen LogP contribution in [0.15, 0.2) is 12.4 Å². The van der Waals surface area contributed by atoms with E-state index in [0.29, 0.717) is 32.0 Å². The van der Waals surface area contributed by atoms with Crippen LogP contribution in [-0.2, 0) is 4.74 Å². The van der Waals surface area contributed by atoms with Crippen molar-refractivity contribution >= 4 is 11.7 Å². The van der Waals surface area contributed by atoms with E-state index < -0.39 is 0 Å². The van der Waals surface area contributed by atoms with E-state index in [-0.39, 0.29) is 5.91 Å². The maximum atomic E-state index is 12.2. The normalized spacial score (nSPS) is 15.4. The quantitative estimate of drug-likeness (QED) is 0.805. The van der Waals surface area contributed by atoms with Crippen molar-refractivity contribution in [3.8, 4) is 0 Å². The first-order valence-electron chi connectivity index (χ1n) is 6.70. The van der Waals surface area contributed by atoms with Gasteiger partial charge in [0, 0.05) is 32.2 Å². The van der Waals surface area contributed by atoms with Crippen LogP contribution >= 0.6 is 0 Å². The van der Waals surface area contributed by atoms with Crippen molar-refractivity contribution in [3.63, 3.8) is 0 Å². The highest BCUT2D eigenvalue weighted by Gasteiger charge is 2.18. The lowest BCUT2D eigenvalue weighted by Crippen LogP contribution is -2.37. The van der Waals surface area contributed by atoms with Crippen LogP contribution in [0.25, 0.3) is 0 Å². The number of ether oxygens (including phenoxy) is 1. The lowest BCUT2D eigenvalue weighted by molar-refractivity contribution is 0.0767. The molecule has 104 valence electrons. The van der Waals surface area contributed by atoms with Crippen LogP contribution in [0.1, 0.15) is 24.3 Å². The van der Waals surface area contributed by atoms with E-state index in [9.17, 15) is 4.79 Å². The average Bonchev–Trinajstić information content (AvgIpc) is 2.49. The monoisotopic (exact) mass is 264 g/mol. The summed E-state index contributed by atoms with van der Waals surface area (Å²) in [6.45, 7) is 8.30. The second-order valence-electron chi connectivity index (χ2n) is 4.34. The highest BCUT2D eigenvalue weighted by molar-refractivity contribution is 5.92. The van der Waals surface area contributed by atoms with Gasteiger partial charge in [0.25, 0.3) is 5.91 Å². The molecule has 1 amide bonds. The van der Waals surface area contributed by atoms with Crippen molar-refractivity contribution in [1.29, 1.82) is 0 Å². The van der Waals surface area contributed by atoms with Crippen LogP contribution in [0, 0.1) is 0 Å². The van der Waals surface area contributed by atoms with Gasteiger partial charge >= 0.3 is 0 Å². The maximum Gasteiger partial charge on any atom is 0.272 e. The second-order valence-corrected chi connectivity index (χ2v) is 4.34. The lowest BCUT2D eigenvalue weighted by atomic mass is 10.3. The SMILES string of the molecule is CCN(CC)C(=O)c1cc(N2CCOCC2)ncn1. The lowest BCUT2D eigenvalue weighted by Gasteiger charge is -2.28. The van der Waals surface area contributed by atoms with E-state index in [4.69, 9.17) is 4.74 Å². The van der Waals surface area contributed by atoms with Gasteiger partial charge in [-0.25, -0.2) is 9.97 Å². The molecule has 2 rings (SSSR count). The zero-order valence-electron chi connectivity index (χ0n) is 11.5. The van der Waals surface area contributed by atoms with E-state index >= 15 is 0 Å². The summed E-state index contributed by atoms with van der Waals surface area (Å²) in [5, 5.41) is 0. The highest BCUT2D eigenvalue weighted by atomic mass is 16.5. The summed E-state index contributed by atoms with van der Waals surface area (Å²) in [6, 6.07) is 1.77. The molecule has 0 aromatic carbocycles. The Morgan fingerprint density at radius 1 is 1.32 bits per heavy atom. The molecule has 1 aliphatic rings. The first-order valence-corrected chi connectivity index (χ1v) is 6.70. The van der Waals surface area contributed by atoms with Crippen molar-refractivity contribution in [2.75, 3.05) is 44.3 Å². The minimum Gasteiger partial charge on any atom is -0.378 e. The van der Waals surface area contributed by atoms with Gasteiger partial charge < -0.3 is 14.5 Å². The van der Waals surface area contributed by atoms with Crippen LogP contribution in [-0.4, -0.2) is 60.2 Å². The van der Waals surface area contributed by atoms with Gasteiger partial charge in [0.15, 0.2) is 0 Å². The molecule has 1 aliphatic heterocycles. The number of hydrogen-bond acceptors (Lipinski definition) is 5. The van der Waals surface area contributed by atoms with E-state index in [1.165, 1.54) is 6.33 Å². The van der Waals surface area contributed by atoms with Gasteiger partial charge in [-0.15, -0.1) is 0 Å². The third-order valence-electron chi connectivity index (χ3n) is 3.26. The molecule has 2 heterocycles. The molecule has 0 atom stereocenters. The van der Waals surface area contributed by atoms with Crippen molar-refractivity contribution in [2.45, 2.75) is 13.8 Å². The van der Waals surface area contributed by atoms with Crippen molar-refractivity contribution in [2.24, 2.45) is 0 Å². The average molecular weight is 264 g/mol. The van der Waals surface area contributed by atoms with Gasteiger partial charge in [-0.3, -0.25) is 4.79 Å². The van der Waals surface area contributed by atoms with Crippen LogP contribution in [0.2, 0.25) is 0 Å².